The summed E-state index contributed by atoms with van der Waals surface area (Å²) in [4.78, 5) is 3.83. The second kappa shape index (κ2) is 4.45. The lowest BCUT2D eigenvalue weighted by molar-refractivity contribution is 0.414. The summed E-state index contributed by atoms with van der Waals surface area (Å²) in [6.45, 7) is 0.575. The van der Waals surface area contributed by atoms with Crippen LogP contribution in [0.1, 0.15) is 11.4 Å². The van der Waals surface area contributed by atoms with Crippen molar-refractivity contribution in [3.8, 4) is 11.8 Å². The average Bonchev–Trinajstić information content (AvgIpc) is 2.77. The molecule has 5 heteroatoms. The van der Waals surface area contributed by atoms with Gasteiger partial charge in [-0.2, -0.15) is 5.26 Å². The molecule has 0 bridgehead atoms. The van der Waals surface area contributed by atoms with Gasteiger partial charge in [-0.15, -0.1) is 5.10 Å². The largest absolute Gasteiger partial charge is 0.497 e. The molecule has 16 heavy (non-hydrogen) atoms. The number of ether oxygens (including phenoxy) is 1. The van der Waals surface area contributed by atoms with E-state index in [4.69, 9.17) is 10.00 Å². The Balaban J connectivity index is 2.17. The Morgan fingerprint density at radius 2 is 2.38 bits per heavy atom. The Morgan fingerprint density at radius 1 is 1.50 bits per heavy atom. The lowest BCUT2D eigenvalue weighted by Crippen LogP contribution is -2.00. The van der Waals surface area contributed by atoms with E-state index in [0.717, 1.165) is 11.3 Å². The predicted octanol–water partition coefficient (Wildman–Crippen LogP) is 1.21. The van der Waals surface area contributed by atoms with E-state index in [1.165, 1.54) is 6.33 Å². The molecule has 2 rings (SSSR count). The molecule has 0 unspecified atom stereocenters. The van der Waals surface area contributed by atoms with Gasteiger partial charge in [0.25, 0.3) is 5.82 Å². The quantitative estimate of drug-likeness (QED) is 0.770. The summed E-state index contributed by atoms with van der Waals surface area (Å²) < 4.78 is 6.74. The molecule has 0 atom stereocenters. The molecule has 0 aliphatic carbocycles. The zero-order valence-electron chi connectivity index (χ0n) is 8.79. The summed E-state index contributed by atoms with van der Waals surface area (Å²) in [5, 5.41) is 12.6. The van der Waals surface area contributed by atoms with Gasteiger partial charge in [-0.05, 0) is 17.7 Å². The van der Waals surface area contributed by atoms with Gasteiger partial charge in [0.1, 0.15) is 18.1 Å². The molecular formula is C11H10N4O. The molecule has 0 aliphatic rings. The zero-order valence-corrected chi connectivity index (χ0v) is 8.79. The van der Waals surface area contributed by atoms with Gasteiger partial charge < -0.3 is 4.74 Å². The molecule has 0 fully saturated rings. The summed E-state index contributed by atoms with van der Waals surface area (Å²) >= 11 is 0. The van der Waals surface area contributed by atoms with Gasteiger partial charge in [-0.25, -0.2) is 9.67 Å². The van der Waals surface area contributed by atoms with Crippen LogP contribution >= 0.6 is 0 Å². The number of rotatable bonds is 3. The highest BCUT2D eigenvalue weighted by Crippen LogP contribution is 2.13. The minimum Gasteiger partial charge on any atom is -0.497 e. The maximum Gasteiger partial charge on any atom is 0.252 e. The first-order chi connectivity index (χ1) is 7.81. The lowest BCUT2D eigenvalue weighted by Gasteiger charge is -2.03. The van der Waals surface area contributed by atoms with Gasteiger partial charge in [0.15, 0.2) is 0 Å². The number of methoxy groups -OCH3 is 1. The zero-order chi connectivity index (χ0) is 11.4. The van der Waals surface area contributed by atoms with Gasteiger partial charge in [0.2, 0.25) is 0 Å². The van der Waals surface area contributed by atoms with Gasteiger partial charge in [-0.3, -0.25) is 0 Å². The highest BCUT2D eigenvalue weighted by atomic mass is 16.5. The van der Waals surface area contributed by atoms with Crippen molar-refractivity contribution in [2.75, 3.05) is 7.11 Å². The molecule has 1 aromatic carbocycles. The second-order valence-electron chi connectivity index (χ2n) is 3.23. The third-order valence-corrected chi connectivity index (χ3v) is 2.12. The maximum atomic E-state index is 8.59. The molecule has 1 heterocycles. The predicted molar refractivity (Wildman–Crippen MR) is 56.8 cm³/mol. The molecule has 0 saturated heterocycles. The molecule has 0 aliphatic heterocycles. The molecule has 1 aromatic heterocycles. The fourth-order valence-electron chi connectivity index (χ4n) is 1.38. The Labute approximate surface area is 92.9 Å². The van der Waals surface area contributed by atoms with E-state index < -0.39 is 0 Å². The third kappa shape index (κ3) is 2.17. The van der Waals surface area contributed by atoms with E-state index in [2.05, 4.69) is 10.1 Å². The van der Waals surface area contributed by atoms with Crippen LogP contribution in [0.4, 0.5) is 0 Å². The molecule has 0 N–H and O–H groups in total. The third-order valence-electron chi connectivity index (χ3n) is 2.12. The van der Waals surface area contributed by atoms with E-state index in [9.17, 15) is 0 Å². The van der Waals surface area contributed by atoms with Crippen molar-refractivity contribution in [2.24, 2.45) is 0 Å². The van der Waals surface area contributed by atoms with Gasteiger partial charge in [-0.1, -0.05) is 12.1 Å². The Morgan fingerprint density at radius 3 is 3.06 bits per heavy atom. The Kier molecular flexibility index (Phi) is 2.83. The number of nitrogens with zero attached hydrogens (tertiary/aromatic N) is 4. The summed E-state index contributed by atoms with van der Waals surface area (Å²) in [5.74, 6) is 0.987. The minimum atomic E-state index is 0.183. The second-order valence-corrected chi connectivity index (χ2v) is 3.23. The van der Waals surface area contributed by atoms with Crippen LogP contribution in [0.5, 0.6) is 5.75 Å². The number of nitriles is 1. The van der Waals surface area contributed by atoms with E-state index in [-0.39, 0.29) is 5.82 Å². The average molecular weight is 214 g/mol. The fourth-order valence-corrected chi connectivity index (χ4v) is 1.38. The number of aromatic nitrogens is 3. The van der Waals surface area contributed by atoms with E-state index >= 15 is 0 Å². The first-order valence-corrected chi connectivity index (χ1v) is 4.74. The van der Waals surface area contributed by atoms with Crippen LogP contribution < -0.4 is 4.74 Å². The molecule has 0 amide bonds. The van der Waals surface area contributed by atoms with Gasteiger partial charge in [0, 0.05) is 0 Å². The lowest BCUT2D eigenvalue weighted by atomic mass is 10.2. The van der Waals surface area contributed by atoms with Crippen molar-refractivity contribution in [3.05, 3.63) is 42.0 Å². The van der Waals surface area contributed by atoms with Crippen molar-refractivity contribution >= 4 is 0 Å². The highest BCUT2D eigenvalue weighted by molar-refractivity contribution is 5.28. The highest BCUT2D eigenvalue weighted by Gasteiger charge is 2.01. The Bertz CT molecular complexity index is 527. The van der Waals surface area contributed by atoms with Crippen LogP contribution in [0.25, 0.3) is 0 Å². The summed E-state index contributed by atoms with van der Waals surface area (Å²) in [6, 6.07) is 9.57. The first kappa shape index (κ1) is 10.2. The summed E-state index contributed by atoms with van der Waals surface area (Å²) in [5.41, 5.74) is 1.05. The topological polar surface area (TPSA) is 63.7 Å². The van der Waals surface area contributed by atoms with Crippen molar-refractivity contribution < 1.29 is 4.74 Å². The smallest absolute Gasteiger partial charge is 0.252 e. The molecule has 0 spiro atoms. The molecule has 0 saturated carbocycles. The van der Waals surface area contributed by atoms with Crippen molar-refractivity contribution in [1.29, 1.82) is 5.26 Å². The van der Waals surface area contributed by atoms with E-state index in [1.807, 2.05) is 30.3 Å². The van der Waals surface area contributed by atoms with Crippen LogP contribution in [0, 0.1) is 11.3 Å². The van der Waals surface area contributed by atoms with Crippen molar-refractivity contribution in [2.45, 2.75) is 6.54 Å². The number of hydrogen-bond donors (Lipinski definition) is 0. The van der Waals surface area contributed by atoms with Crippen LogP contribution in [0.3, 0.4) is 0 Å². The molecular weight excluding hydrogens is 204 g/mol. The van der Waals surface area contributed by atoms with Crippen LogP contribution in [0.15, 0.2) is 30.6 Å². The monoisotopic (exact) mass is 214 g/mol. The molecule has 5 nitrogen and oxygen atoms in total. The van der Waals surface area contributed by atoms with Crippen molar-refractivity contribution in [3.63, 3.8) is 0 Å². The number of hydrogen-bond acceptors (Lipinski definition) is 4. The maximum absolute atomic E-state index is 8.59. The first-order valence-electron chi connectivity index (χ1n) is 4.74. The van der Waals surface area contributed by atoms with Gasteiger partial charge >= 0.3 is 0 Å². The summed E-state index contributed by atoms with van der Waals surface area (Å²) in [7, 11) is 1.63. The molecule has 2 aromatic rings. The standard InChI is InChI=1S/C11H10N4O/c1-16-10-4-2-3-9(5-10)7-15-8-13-11(6-12)14-15/h2-5,8H,7H2,1H3. The van der Waals surface area contributed by atoms with E-state index in [1.54, 1.807) is 11.8 Å². The minimum absolute atomic E-state index is 0.183. The van der Waals surface area contributed by atoms with Gasteiger partial charge in [0.05, 0.1) is 13.7 Å². The van der Waals surface area contributed by atoms with Crippen LogP contribution in [-0.4, -0.2) is 21.9 Å². The van der Waals surface area contributed by atoms with Crippen LogP contribution in [0.2, 0.25) is 0 Å². The normalized spacial score (nSPS) is 9.75. The van der Waals surface area contributed by atoms with Crippen molar-refractivity contribution in [1.82, 2.24) is 14.8 Å². The SMILES string of the molecule is COc1cccc(Cn2cnc(C#N)n2)c1. The molecule has 80 valence electrons. The van der Waals surface area contributed by atoms with Crippen LogP contribution in [-0.2, 0) is 6.54 Å². The number of benzene rings is 1. The summed E-state index contributed by atoms with van der Waals surface area (Å²) in [6.07, 6.45) is 1.54. The Hall–Kier alpha value is -2.35. The van der Waals surface area contributed by atoms with E-state index in [0.29, 0.717) is 6.54 Å². The fraction of sp³-hybridized carbons (Fsp3) is 0.182. The molecule has 0 radical (unpaired) electrons.